The first-order valence-corrected chi connectivity index (χ1v) is 7.34. The van der Waals surface area contributed by atoms with Crippen molar-refractivity contribution < 1.29 is 0 Å². The average molecular weight is 257 g/mol. The van der Waals surface area contributed by atoms with Crippen molar-refractivity contribution in [3.8, 4) is 11.3 Å². The van der Waals surface area contributed by atoms with Crippen molar-refractivity contribution in [1.29, 1.82) is 0 Å². The maximum absolute atomic E-state index is 4.48. The molecule has 1 saturated carbocycles. The number of pyridine rings is 1. The maximum Gasteiger partial charge on any atom is 0.0702 e. The van der Waals surface area contributed by atoms with Crippen LogP contribution < -0.4 is 0 Å². The first-order chi connectivity index (χ1) is 9.92. The van der Waals surface area contributed by atoms with Crippen LogP contribution in [0.15, 0.2) is 66.9 Å². The summed E-state index contributed by atoms with van der Waals surface area (Å²) in [5.74, 6) is 2.67. The lowest BCUT2D eigenvalue weighted by molar-refractivity contribution is 1.00. The Hall–Kier alpha value is -2.15. The Kier molecular flexibility index (Phi) is 1.96. The van der Waals surface area contributed by atoms with E-state index in [2.05, 4.69) is 59.6 Å². The van der Waals surface area contributed by atoms with Gasteiger partial charge in [-0.2, -0.15) is 0 Å². The SMILES string of the molecule is C1=CC2C3C=CC1c1cc(-c4ccccn4)ccc1C23. The van der Waals surface area contributed by atoms with E-state index in [1.165, 1.54) is 11.1 Å². The van der Waals surface area contributed by atoms with Gasteiger partial charge in [0.1, 0.15) is 0 Å². The van der Waals surface area contributed by atoms with Crippen LogP contribution in [-0.2, 0) is 0 Å². The lowest BCUT2D eigenvalue weighted by Gasteiger charge is -2.13. The molecule has 1 heteroatoms. The third-order valence-electron chi connectivity index (χ3n) is 4.98. The lowest BCUT2D eigenvalue weighted by Crippen LogP contribution is -1.96. The maximum atomic E-state index is 4.48. The average Bonchev–Trinajstić information content (AvgIpc) is 3.26. The summed E-state index contributed by atoms with van der Waals surface area (Å²) in [6.45, 7) is 0. The highest BCUT2D eigenvalue weighted by atomic mass is 14.7. The topological polar surface area (TPSA) is 12.9 Å². The first kappa shape index (κ1) is 10.6. The number of hydrogen-bond acceptors (Lipinski definition) is 1. The summed E-state index contributed by atoms with van der Waals surface area (Å²) in [6.07, 6.45) is 11.5. The van der Waals surface area contributed by atoms with Crippen molar-refractivity contribution in [2.75, 3.05) is 0 Å². The molecule has 2 atom stereocenters. The van der Waals surface area contributed by atoms with Gasteiger partial charge in [0.25, 0.3) is 0 Å². The van der Waals surface area contributed by atoms with Gasteiger partial charge in [0, 0.05) is 17.7 Å². The van der Waals surface area contributed by atoms with E-state index < -0.39 is 0 Å². The number of benzene rings is 1. The molecule has 4 aliphatic carbocycles. The van der Waals surface area contributed by atoms with Crippen molar-refractivity contribution in [3.05, 3.63) is 78.0 Å². The van der Waals surface area contributed by atoms with Gasteiger partial charge in [0.05, 0.1) is 5.69 Å². The largest absolute Gasteiger partial charge is 0.256 e. The molecule has 0 amide bonds. The molecule has 0 aliphatic heterocycles. The fourth-order valence-corrected chi connectivity index (χ4v) is 3.90. The minimum Gasteiger partial charge on any atom is -0.256 e. The molecule has 96 valence electrons. The Morgan fingerprint density at radius 3 is 2.40 bits per heavy atom. The van der Waals surface area contributed by atoms with E-state index >= 15 is 0 Å². The zero-order valence-corrected chi connectivity index (χ0v) is 11.1. The molecule has 4 aliphatic rings. The summed E-state index contributed by atoms with van der Waals surface area (Å²) in [7, 11) is 0. The standard InChI is InChI=1S/C19H15N/c1-2-10-20-18(3-1)13-6-9-16-17(11-13)12-4-7-14-15(8-5-12)19(14)16/h1-12,14-15,19H. The second kappa shape index (κ2) is 3.69. The number of allylic oxidation sites excluding steroid dienone is 4. The van der Waals surface area contributed by atoms with Gasteiger partial charge < -0.3 is 0 Å². The van der Waals surface area contributed by atoms with E-state index in [1.807, 2.05) is 12.3 Å². The van der Waals surface area contributed by atoms with Gasteiger partial charge in [-0.25, -0.2) is 0 Å². The minimum absolute atomic E-state index is 0.452. The summed E-state index contributed by atoms with van der Waals surface area (Å²) < 4.78 is 0. The van der Waals surface area contributed by atoms with Gasteiger partial charge in [-0.3, -0.25) is 4.98 Å². The number of rotatable bonds is 1. The summed E-state index contributed by atoms with van der Waals surface area (Å²) in [6, 6.07) is 13.0. The Bertz CT molecular complexity index is 722. The zero-order valence-electron chi connectivity index (χ0n) is 11.1. The van der Waals surface area contributed by atoms with Gasteiger partial charge in [-0.05, 0) is 47.1 Å². The predicted molar refractivity (Wildman–Crippen MR) is 80.4 cm³/mol. The summed E-state index contributed by atoms with van der Waals surface area (Å²) in [5, 5.41) is 0. The third-order valence-corrected chi connectivity index (χ3v) is 4.98. The Balaban J connectivity index is 1.70. The van der Waals surface area contributed by atoms with Gasteiger partial charge in [0.2, 0.25) is 0 Å². The van der Waals surface area contributed by atoms with E-state index in [4.69, 9.17) is 0 Å². The van der Waals surface area contributed by atoms with E-state index in [1.54, 1.807) is 5.56 Å². The van der Waals surface area contributed by atoms with Crippen molar-refractivity contribution in [2.24, 2.45) is 11.8 Å². The van der Waals surface area contributed by atoms with Crippen LogP contribution in [0.2, 0.25) is 0 Å². The quantitative estimate of drug-likeness (QED) is 0.694. The Morgan fingerprint density at radius 2 is 1.65 bits per heavy atom. The fourth-order valence-electron chi connectivity index (χ4n) is 3.90. The number of nitrogens with zero attached hydrogens (tertiary/aromatic N) is 1. The van der Waals surface area contributed by atoms with Crippen molar-refractivity contribution in [3.63, 3.8) is 0 Å². The van der Waals surface area contributed by atoms with Crippen LogP contribution in [0.1, 0.15) is 23.0 Å². The van der Waals surface area contributed by atoms with E-state index in [0.717, 1.165) is 23.4 Å². The molecule has 2 unspecified atom stereocenters. The molecule has 0 saturated heterocycles. The first-order valence-electron chi connectivity index (χ1n) is 7.34. The molecule has 20 heavy (non-hydrogen) atoms. The summed E-state index contributed by atoms with van der Waals surface area (Å²) in [5.41, 5.74) is 5.33. The second-order valence-corrected chi connectivity index (χ2v) is 6.03. The normalized spacial score (nSPS) is 31.6. The molecule has 2 aromatic rings. The lowest BCUT2D eigenvalue weighted by atomic mass is 9.91. The second-order valence-electron chi connectivity index (χ2n) is 6.03. The van der Waals surface area contributed by atoms with Crippen LogP contribution in [0.4, 0.5) is 0 Å². The monoisotopic (exact) mass is 257 g/mol. The fraction of sp³-hybridized carbons (Fsp3) is 0.211. The van der Waals surface area contributed by atoms with Crippen molar-refractivity contribution >= 4 is 0 Å². The molecule has 0 radical (unpaired) electrons. The van der Waals surface area contributed by atoms with Crippen molar-refractivity contribution in [2.45, 2.75) is 11.8 Å². The van der Waals surface area contributed by atoms with Crippen LogP contribution in [0, 0.1) is 11.8 Å². The molecule has 1 nitrogen and oxygen atoms in total. The van der Waals surface area contributed by atoms with Gasteiger partial charge in [-0.15, -0.1) is 0 Å². The van der Waals surface area contributed by atoms with Crippen LogP contribution in [0.5, 0.6) is 0 Å². The molecule has 1 fully saturated rings. The van der Waals surface area contributed by atoms with Crippen LogP contribution in [0.3, 0.4) is 0 Å². The molecular weight excluding hydrogens is 242 g/mol. The van der Waals surface area contributed by atoms with E-state index in [9.17, 15) is 0 Å². The van der Waals surface area contributed by atoms with Gasteiger partial charge in [0.15, 0.2) is 0 Å². The molecule has 1 aromatic carbocycles. The minimum atomic E-state index is 0.452. The summed E-state index contributed by atoms with van der Waals surface area (Å²) in [4.78, 5) is 4.48. The van der Waals surface area contributed by atoms with E-state index in [0.29, 0.717) is 5.92 Å². The zero-order chi connectivity index (χ0) is 13.1. The van der Waals surface area contributed by atoms with Crippen LogP contribution in [0.25, 0.3) is 11.3 Å². The van der Waals surface area contributed by atoms with E-state index in [-0.39, 0.29) is 0 Å². The molecule has 0 spiro atoms. The highest BCUT2D eigenvalue weighted by Gasteiger charge is 2.51. The summed E-state index contributed by atoms with van der Waals surface area (Å²) >= 11 is 0. The van der Waals surface area contributed by atoms with Gasteiger partial charge in [-0.1, -0.05) is 42.5 Å². The highest BCUT2D eigenvalue weighted by molar-refractivity contribution is 5.64. The van der Waals surface area contributed by atoms with Crippen molar-refractivity contribution in [1.82, 2.24) is 4.98 Å². The van der Waals surface area contributed by atoms with Crippen LogP contribution in [-0.4, -0.2) is 4.98 Å². The van der Waals surface area contributed by atoms with Gasteiger partial charge >= 0.3 is 0 Å². The molecule has 1 aromatic heterocycles. The Labute approximate surface area is 118 Å². The predicted octanol–water partition coefficient (Wildman–Crippen LogP) is 4.30. The van der Waals surface area contributed by atoms with Crippen LogP contribution >= 0.6 is 0 Å². The smallest absolute Gasteiger partial charge is 0.0702 e. The number of hydrogen-bond donors (Lipinski definition) is 0. The molecular formula is C19H15N. The molecule has 1 heterocycles. The molecule has 4 bridgehead atoms. The Morgan fingerprint density at radius 1 is 0.800 bits per heavy atom. The molecule has 0 N–H and O–H groups in total. The highest BCUT2D eigenvalue weighted by Crippen LogP contribution is 2.61. The molecule has 6 rings (SSSR count). The number of aromatic nitrogens is 1. The third kappa shape index (κ3) is 1.35.